The van der Waals surface area contributed by atoms with Crippen molar-refractivity contribution in [1.82, 2.24) is 14.5 Å². The summed E-state index contributed by atoms with van der Waals surface area (Å²) >= 11 is 0. The number of aromatic hydroxyl groups is 1. The van der Waals surface area contributed by atoms with Gasteiger partial charge in [-0.05, 0) is 145 Å². The first-order valence-electron chi connectivity index (χ1n) is 28.4. The number of para-hydroxylation sites is 1. The van der Waals surface area contributed by atoms with Gasteiger partial charge in [-0.1, -0.05) is 178 Å². The molecule has 0 radical (unpaired) electrons. The van der Waals surface area contributed by atoms with Gasteiger partial charge in [0.15, 0.2) is 0 Å². The van der Waals surface area contributed by atoms with Crippen LogP contribution < -0.4 is 0 Å². The Morgan fingerprint density at radius 1 is 0.612 bits per heavy atom. The molecule has 9 aromatic rings. The van der Waals surface area contributed by atoms with Crippen molar-refractivity contribution in [3.63, 3.8) is 0 Å². The van der Waals surface area contributed by atoms with E-state index in [0.717, 1.165) is 38.9 Å². The third kappa shape index (κ3) is 8.74. The molecule has 9 rings (SSSR count). The number of benzene rings is 7. The first kappa shape index (κ1) is 33.4. The van der Waals surface area contributed by atoms with Gasteiger partial charge in [0, 0.05) is 21.4 Å². The summed E-state index contributed by atoms with van der Waals surface area (Å²) in [5.41, 5.74) is 9.02. The van der Waals surface area contributed by atoms with E-state index < -0.39 is 54.7 Å². The first-order valence-corrected chi connectivity index (χ1v) is 22.9. The fraction of sp³-hybridized carbons (Fsp3) is 0.238. The summed E-state index contributed by atoms with van der Waals surface area (Å²) in [7, 11) is 0. The van der Waals surface area contributed by atoms with Crippen molar-refractivity contribution < 1.29 is 20.2 Å². The van der Waals surface area contributed by atoms with Gasteiger partial charge >= 0.3 is 0 Å². The molecule has 0 atom stereocenters. The zero-order valence-electron chi connectivity index (χ0n) is 50.9. The number of phenolic OH excluding ortho intramolecular Hbond substituents is 1. The molecule has 336 valence electrons. The van der Waals surface area contributed by atoms with Crippen LogP contribution in [-0.2, 0) is 10.8 Å². The van der Waals surface area contributed by atoms with Gasteiger partial charge in [-0.15, -0.1) is 0 Å². The molecule has 1 N–H and O–H groups in total. The Morgan fingerprint density at radius 2 is 1.34 bits per heavy atom. The highest BCUT2D eigenvalue weighted by molar-refractivity contribution is 5.97. The van der Waals surface area contributed by atoms with E-state index in [9.17, 15) is 10.6 Å². The van der Waals surface area contributed by atoms with Crippen LogP contribution in [0.25, 0.3) is 83.9 Å². The molecule has 0 spiro atoms. The minimum atomic E-state index is -2.65. The maximum Gasteiger partial charge on any atom is 0.149 e. The SMILES string of the molecule is [2H]c1nc(-c2cc(-c3cccc4c3nc(-c3cc(C(C)C)cc(C(C)C)c3O)n4-c3ccc(-c4c(-c5ccccc5)cccc4C(C)(C)C)cc3C([2H])([2H])[2H])cc(C(C)(C)C)c2)c([2H])c(-c2c([2H])c([2H])c([2H])c([2H])c2[2H])c1[2H]. The number of hydrogen-bond donors (Lipinski definition) is 1. The Labute approximate surface area is 413 Å². The average molecular weight is 889 g/mol. The van der Waals surface area contributed by atoms with E-state index in [1.54, 1.807) is 12.1 Å². The molecule has 0 unspecified atom stereocenters. The number of fused-ring (bicyclic) bond motifs is 1. The zero-order valence-corrected chi connectivity index (χ0v) is 39.9. The Hall–Kier alpha value is -7.04. The number of aromatic nitrogens is 3. The van der Waals surface area contributed by atoms with Gasteiger partial charge in [0.2, 0.25) is 0 Å². The summed E-state index contributed by atoms with van der Waals surface area (Å²) < 4.78 is 99.5. The number of hydrogen-bond acceptors (Lipinski definition) is 3. The van der Waals surface area contributed by atoms with Crippen molar-refractivity contribution >= 4 is 11.0 Å². The Morgan fingerprint density at radius 3 is 2.04 bits per heavy atom. The molecule has 0 saturated carbocycles. The van der Waals surface area contributed by atoms with Crippen molar-refractivity contribution in [2.45, 2.75) is 98.8 Å². The van der Waals surface area contributed by atoms with Crippen molar-refractivity contribution in [3.05, 3.63) is 192 Å². The molecule has 0 aliphatic heterocycles. The van der Waals surface area contributed by atoms with E-state index in [1.165, 1.54) is 0 Å². The van der Waals surface area contributed by atoms with E-state index in [-0.39, 0.29) is 51.4 Å². The second-order valence-electron chi connectivity index (χ2n) is 20.1. The number of rotatable bonds is 9. The molecule has 0 saturated heterocycles. The molecule has 0 bridgehead atoms. The van der Waals surface area contributed by atoms with Crippen LogP contribution in [0, 0.1) is 6.85 Å². The lowest BCUT2D eigenvalue weighted by Crippen LogP contribution is -2.13. The summed E-state index contributed by atoms with van der Waals surface area (Å²) in [6, 6.07) is 33.1. The number of imidazole rings is 1. The molecule has 4 heteroatoms. The Bertz CT molecular complexity index is 3830. The summed E-state index contributed by atoms with van der Waals surface area (Å²) in [5, 5.41) is 12.4. The topological polar surface area (TPSA) is 50.9 Å². The van der Waals surface area contributed by atoms with Crippen LogP contribution in [-0.4, -0.2) is 19.6 Å². The van der Waals surface area contributed by atoms with Crippen LogP contribution in [0.1, 0.15) is 124 Å². The monoisotopic (exact) mass is 889 g/mol. The Kier molecular flexibility index (Phi) is 8.80. The quantitative estimate of drug-likeness (QED) is 0.157. The van der Waals surface area contributed by atoms with Gasteiger partial charge in [0.25, 0.3) is 0 Å². The average Bonchev–Trinajstić information content (AvgIpc) is 3.99. The molecule has 7 aromatic carbocycles. The fourth-order valence-corrected chi connectivity index (χ4v) is 8.92. The lowest BCUT2D eigenvalue weighted by Gasteiger charge is -2.26. The molecule has 0 amide bonds. The summed E-state index contributed by atoms with van der Waals surface area (Å²) in [4.78, 5) is 9.92. The summed E-state index contributed by atoms with van der Waals surface area (Å²) in [6.45, 7) is 18.1. The molecule has 0 aliphatic carbocycles. The van der Waals surface area contributed by atoms with E-state index in [2.05, 4.69) is 63.9 Å². The largest absolute Gasteiger partial charge is 0.507 e. The number of pyridine rings is 1. The van der Waals surface area contributed by atoms with Crippen LogP contribution in [0.3, 0.4) is 0 Å². The molecule has 2 aromatic heterocycles. The van der Waals surface area contributed by atoms with Crippen molar-refractivity contribution in [1.29, 1.82) is 0 Å². The van der Waals surface area contributed by atoms with E-state index in [1.807, 2.05) is 118 Å². The van der Waals surface area contributed by atoms with Crippen molar-refractivity contribution in [3.8, 4) is 78.6 Å². The molecule has 0 fully saturated rings. The molecular formula is C63H63N3O. The number of aryl methyl sites for hydroxylation is 1. The second kappa shape index (κ2) is 17.6. The van der Waals surface area contributed by atoms with Crippen LogP contribution in [0.15, 0.2) is 164 Å². The fourth-order valence-electron chi connectivity index (χ4n) is 8.92. The molecule has 2 heterocycles. The normalized spacial score (nSPS) is 14.7. The first-order chi connectivity index (χ1) is 36.5. The van der Waals surface area contributed by atoms with E-state index in [4.69, 9.17) is 14.6 Å². The number of nitrogens with zero attached hydrogens (tertiary/aromatic N) is 3. The van der Waals surface area contributed by atoms with E-state index in [0.29, 0.717) is 50.4 Å². The van der Waals surface area contributed by atoms with E-state index >= 15 is 0 Å². The molecular weight excluding hydrogens is 815 g/mol. The van der Waals surface area contributed by atoms with Gasteiger partial charge in [0.1, 0.15) is 11.6 Å². The predicted octanol–water partition coefficient (Wildman–Crippen LogP) is 17.3. The smallest absolute Gasteiger partial charge is 0.149 e. The highest BCUT2D eigenvalue weighted by atomic mass is 16.3. The van der Waals surface area contributed by atoms with Crippen molar-refractivity contribution in [2.24, 2.45) is 0 Å². The maximum atomic E-state index is 12.4. The molecule has 4 nitrogen and oxygen atoms in total. The summed E-state index contributed by atoms with van der Waals surface area (Å²) in [5.74, 6) is 0.306. The summed E-state index contributed by atoms with van der Waals surface area (Å²) in [6.07, 6.45) is -0.547. The lowest BCUT2D eigenvalue weighted by molar-refractivity contribution is 0.466. The highest BCUT2D eigenvalue weighted by Gasteiger charge is 2.27. The third-order valence-corrected chi connectivity index (χ3v) is 12.6. The van der Waals surface area contributed by atoms with Crippen LogP contribution >= 0.6 is 0 Å². The van der Waals surface area contributed by atoms with Gasteiger partial charge in [-0.25, -0.2) is 4.98 Å². The standard InChI is InChI=1S/C63H63N3O/c1-39(2)46-36-52(40(3)4)60(67)53(37-46)61-65-59-51(47-33-48(35-49(34-47)62(6,7)8)55-38-44(30-31-64-55)42-20-14-12-15-21-42)25-19-27-57(59)66(61)56-29-28-45(32-41(56)5)58-50(43-22-16-13-17-23-43)24-18-26-54(58)63(9,10)11/h12-40,67H,1-11H3/i5D3,12D,14D,15D,20D,21D,30D,31D,38D. The highest BCUT2D eigenvalue weighted by Crippen LogP contribution is 2.45. The molecule has 67 heavy (non-hydrogen) atoms. The third-order valence-electron chi connectivity index (χ3n) is 12.6. The lowest BCUT2D eigenvalue weighted by atomic mass is 9.78. The van der Waals surface area contributed by atoms with Gasteiger partial charge in [0.05, 0.1) is 38.9 Å². The van der Waals surface area contributed by atoms with Crippen LogP contribution in [0.5, 0.6) is 5.75 Å². The van der Waals surface area contributed by atoms with Gasteiger partial charge in [-0.3, -0.25) is 9.55 Å². The Balaban J connectivity index is 1.37. The van der Waals surface area contributed by atoms with Crippen molar-refractivity contribution in [2.75, 3.05) is 0 Å². The van der Waals surface area contributed by atoms with Gasteiger partial charge < -0.3 is 5.11 Å². The zero-order chi connectivity index (χ0) is 56.8. The minimum absolute atomic E-state index is 0.0243. The minimum Gasteiger partial charge on any atom is -0.507 e. The second-order valence-corrected chi connectivity index (χ2v) is 20.1. The molecule has 0 aliphatic rings. The van der Waals surface area contributed by atoms with Crippen LogP contribution in [0.2, 0.25) is 0 Å². The predicted molar refractivity (Wildman–Crippen MR) is 283 cm³/mol. The van der Waals surface area contributed by atoms with Gasteiger partial charge in [-0.2, -0.15) is 0 Å². The van der Waals surface area contributed by atoms with Crippen LogP contribution in [0.4, 0.5) is 0 Å². The maximum absolute atomic E-state index is 12.4. The number of phenols is 1.